The first-order chi connectivity index (χ1) is 15.8. The van der Waals surface area contributed by atoms with Crippen LogP contribution in [-0.2, 0) is 17.8 Å². The number of hydrogen-bond donors (Lipinski definition) is 1. The average molecular weight is 462 g/mol. The molecular formula is C26H24ClN3O3. The summed E-state index contributed by atoms with van der Waals surface area (Å²) in [6.07, 6.45) is 0.398. The zero-order chi connectivity index (χ0) is 23.5. The first-order valence-electron chi connectivity index (χ1n) is 10.6. The Morgan fingerprint density at radius 3 is 2.21 bits per heavy atom. The van der Waals surface area contributed by atoms with E-state index in [9.17, 15) is 14.4 Å². The number of carbonyl (C=O) groups excluding carboxylic acids is 3. The zero-order valence-corrected chi connectivity index (χ0v) is 19.2. The van der Waals surface area contributed by atoms with Crippen LogP contribution in [0.2, 0.25) is 5.02 Å². The van der Waals surface area contributed by atoms with Gasteiger partial charge in [-0.15, -0.1) is 0 Å². The van der Waals surface area contributed by atoms with Gasteiger partial charge in [0.15, 0.2) is 0 Å². The van der Waals surface area contributed by atoms with Crippen LogP contribution in [0.5, 0.6) is 0 Å². The van der Waals surface area contributed by atoms with Crippen LogP contribution in [-0.4, -0.2) is 47.7 Å². The van der Waals surface area contributed by atoms with Crippen LogP contribution in [0.15, 0.2) is 72.8 Å². The van der Waals surface area contributed by atoms with E-state index < -0.39 is 6.04 Å². The summed E-state index contributed by atoms with van der Waals surface area (Å²) in [5.41, 5.74) is 3.49. The molecule has 4 rings (SSSR count). The Labute approximate surface area is 197 Å². The molecule has 33 heavy (non-hydrogen) atoms. The lowest BCUT2D eigenvalue weighted by atomic mass is 9.92. The van der Waals surface area contributed by atoms with Crippen molar-refractivity contribution in [3.8, 4) is 0 Å². The van der Waals surface area contributed by atoms with Crippen molar-refractivity contribution < 1.29 is 14.4 Å². The second kappa shape index (κ2) is 9.46. The molecule has 1 aliphatic heterocycles. The van der Waals surface area contributed by atoms with E-state index in [0.29, 0.717) is 34.8 Å². The van der Waals surface area contributed by atoms with Gasteiger partial charge in [-0.25, -0.2) is 0 Å². The van der Waals surface area contributed by atoms with Gasteiger partial charge in [0.2, 0.25) is 5.91 Å². The van der Waals surface area contributed by atoms with Gasteiger partial charge in [-0.3, -0.25) is 14.4 Å². The standard InChI is InChI=1S/C26H24ClN3O3/c1-29(2)25(32)17-11-13-20(14-12-17)28-24(31)23-15-18-7-3-4-8-19(18)16-30(23)26(33)21-9-5-6-10-22(21)27/h3-14,23H,15-16H2,1-2H3,(H,28,31). The third-order valence-corrected chi connectivity index (χ3v) is 6.05. The largest absolute Gasteiger partial charge is 0.345 e. The van der Waals surface area contributed by atoms with Gasteiger partial charge in [0.1, 0.15) is 6.04 Å². The lowest BCUT2D eigenvalue weighted by Crippen LogP contribution is -2.50. The fourth-order valence-electron chi connectivity index (χ4n) is 3.94. The minimum absolute atomic E-state index is 0.117. The van der Waals surface area contributed by atoms with Gasteiger partial charge < -0.3 is 15.1 Å². The minimum atomic E-state index is -0.702. The van der Waals surface area contributed by atoms with Gasteiger partial charge in [0.05, 0.1) is 10.6 Å². The number of hydrogen-bond acceptors (Lipinski definition) is 3. The number of halogens is 1. The predicted molar refractivity (Wildman–Crippen MR) is 128 cm³/mol. The van der Waals surface area contributed by atoms with Crippen LogP contribution in [0.4, 0.5) is 5.69 Å². The summed E-state index contributed by atoms with van der Waals surface area (Å²) in [7, 11) is 3.37. The molecule has 0 saturated carbocycles. The normalized spacial score (nSPS) is 14.9. The zero-order valence-electron chi connectivity index (χ0n) is 18.4. The third-order valence-electron chi connectivity index (χ3n) is 5.72. The molecule has 3 aromatic rings. The number of anilines is 1. The highest BCUT2D eigenvalue weighted by molar-refractivity contribution is 6.33. The SMILES string of the molecule is CN(C)C(=O)c1ccc(NC(=O)C2Cc3ccccc3CN2C(=O)c2ccccc2Cl)cc1. The Morgan fingerprint density at radius 1 is 0.909 bits per heavy atom. The van der Waals surface area contributed by atoms with Crippen LogP contribution in [0.3, 0.4) is 0 Å². The van der Waals surface area contributed by atoms with E-state index in [1.807, 2.05) is 24.3 Å². The molecule has 1 aliphatic rings. The monoisotopic (exact) mass is 461 g/mol. The molecule has 3 amide bonds. The number of nitrogens with one attached hydrogen (secondary N) is 1. The molecule has 0 spiro atoms. The molecule has 3 aromatic carbocycles. The second-order valence-corrected chi connectivity index (χ2v) is 8.57. The molecule has 6 nitrogen and oxygen atoms in total. The number of benzene rings is 3. The number of amides is 3. The van der Waals surface area contributed by atoms with Gasteiger partial charge >= 0.3 is 0 Å². The molecule has 0 aliphatic carbocycles. The Morgan fingerprint density at radius 2 is 1.55 bits per heavy atom. The van der Waals surface area contributed by atoms with E-state index in [-0.39, 0.29) is 17.7 Å². The van der Waals surface area contributed by atoms with E-state index in [1.165, 1.54) is 4.90 Å². The van der Waals surface area contributed by atoms with Crippen LogP contribution in [0, 0.1) is 0 Å². The summed E-state index contributed by atoms with van der Waals surface area (Å²) in [4.78, 5) is 41.9. The number of carbonyl (C=O) groups is 3. The summed E-state index contributed by atoms with van der Waals surface area (Å²) < 4.78 is 0. The summed E-state index contributed by atoms with van der Waals surface area (Å²) in [5.74, 6) is -0.702. The highest BCUT2D eigenvalue weighted by Gasteiger charge is 2.35. The van der Waals surface area contributed by atoms with Crippen LogP contribution in [0.1, 0.15) is 31.8 Å². The summed E-state index contributed by atoms with van der Waals surface area (Å²) in [6.45, 7) is 0.314. The lowest BCUT2D eigenvalue weighted by molar-refractivity contribution is -0.121. The van der Waals surface area contributed by atoms with Gasteiger partial charge in [-0.05, 0) is 47.5 Å². The van der Waals surface area contributed by atoms with Gasteiger partial charge in [-0.2, -0.15) is 0 Å². The topological polar surface area (TPSA) is 69.7 Å². The van der Waals surface area contributed by atoms with Crippen molar-refractivity contribution in [3.63, 3.8) is 0 Å². The molecule has 0 radical (unpaired) electrons. The molecule has 0 saturated heterocycles. The fourth-order valence-corrected chi connectivity index (χ4v) is 4.16. The molecule has 1 N–H and O–H groups in total. The highest BCUT2D eigenvalue weighted by Crippen LogP contribution is 2.28. The van der Waals surface area contributed by atoms with E-state index in [1.54, 1.807) is 67.5 Å². The smallest absolute Gasteiger partial charge is 0.256 e. The van der Waals surface area contributed by atoms with E-state index in [0.717, 1.165) is 11.1 Å². The number of nitrogens with zero attached hydrogens (tertiary/aromatic N) is 2. The van der Waals surface area contributed by atoms with Crippen molar-refractivity contribution in [1.82, 2.24) is 9.80 Å². The van der Waals surface area contributed by atoms with E-state index >= 15 is 0 Å². The number of rotatable bonds is 4. The van der Waals surface area contributed by atoms with E-state index in [4.69, 9.17) is 11.6 Å². The third kappa shape index (κ3) is 4.76. The summed E-state index contributed by atoms with van der Waals surface area (Å²) in [6, 6.07) is 20.7. The van der Waals surface area contributed by atoms with Crippen molar-refractivity contribution >= 4 is 35.0 Å². The first-order valence-corrected chi connectivity index (χ1v) is 11.0. The van der Waals surface area contributed by atoms with E-state index in [2.05, 4.69) is 5.32 Å². The highest BCUT2D eigenvalue weighted by atomic mass is 35.5. The summed E-state index contributed by atoms with van der Waals surface area (Å²) >= 11 is 6.28. The Hall–Kier alpha value is -3.64. The molecule has 1 heterocycles. The molecule has 0 bridgehead atoms. The summed E-state index contributed by atoms with van der Waals surface area (Å²) in [5, 5.41) is 3.25. The maximum absolute atomic E-state index is 13.4. The fraction of sp³-hybridized carbons (Fsp3) is 0.192. The van der Waals surface area contributed by atoms with Crippen molar-refractivity contribution in [2.45, 2.75) is 19.0 Å². The first kappa shape index (κ1) is 22.6. The molecule has 1 unspecified atom stereocenters. The maximum atomic E-state index is 13.4. The number of fused-ring (bicyclic) bond motifs is 1. The van der Waals surface area contributed by atoms with Gasteiger partial charge in [0.25, 0.3) is 11.8 Å². The van der Waals surface area contributed by atoms with Crippen molar-refractivity contribution in [2.24, 2.45) is 0 Å². The maximum Gasteiger partial charge on any atom is 0.256 e. The molecule has 0 fully saturated rings. The predicted octanol–water partition coefficient (Wildman–Crippen LogP) is 4.25. The molecule has 168 valence electrons. The van der Waals surface area contributed by atoms with Crippen molar-refractivity contribution in [3.05, 3.63) is 100 Å². The van der Waals surface area contributed by atoms with Crippen LogP contribution in [0.25, 0.3) is 0 Å². The Balaban J connectivity index is 1.60. The van der Waals surface area contributed by atoms with Gasteiger partial charge in [0, 0.05) is 38.3 Å². The Bertz CT molecular complexity index is 1210. The lowest BCUT2D eigenvalue weighted by Gasteiger charge is -2.36. The van der Waals surface area contributed by atoms with Crippen LogP contribution < -0.4 is 5.32 Å². The average Bonchev–Trinajstić information content (AvgIpc) is 2.83. The van der Waals surface area contributed by atoms with Crippen molar-refractivity contribution in [1.29, 1.82) is 0 Å². The molecule has 0 aromatic heterocycles. The molecule has 1 atom stereocenters. The molecular weight excluding hydrogens is 438 g/mol. The second-order valence-electron chi connectivity index (χ2n) is 8.17. The quantitative estimate of drug-likeness (QED) is 0.631. The minimum Gasteiger partial charge on any atom is -0.345 e. The van der Waals surface area contributed by atoms with Crippen molar-refractivity contribution in [2.75, 3.05) is 19.4 Å². The van der Waals surface area contributed by atoms with Gasteiger partial charge in [-0.1, -0.05) is 48.0 Å². The molecule has 7 heteroatoms. The van der Waals surface area contributed by atoms with Crippen LogP contribution >= 0.6 is 11.6 Å². The Kier molecular flexibility index (Phi) is 6.47.